The van der Waals surface area contributed by atoms with E-state index in [4.69, 9.17) is 18.9 Å². The number of Topliss-reactive ketones (excluding diaryl/α,β-unsaturated/α-hetero) is 1. The Bertz CT molecular complexity index is 1380. The van der Waals surface area contributed by atoms with Crippen molar-refractivity contribution in [2.45, 2.75) is 173 Å². The van der Waals surface area contributed by atoms with Crippen LogP contribution in [0.25, 0.3) is 0 Å². The molecular weight excluding hydrogens is 700 g/mol. The van der Waals surface area contributed by atoms with Gasteiger partial charge in [0.25, 0.3) is 0 Å². The molecule has 2 aliphatic heterocycles. The number of ether oxygens (including phenoxy) is 4. The number of aliphatic hydroxyl groups is 8. The van der Waals surface area contributed by atoms with E-state index in [-0.39, 0.29) is 47.6 Å². The van der Waals surface area contributed by atoms with Crippen molar-refractivity contribution in [3.8, 4) is 0 Å². The third-order valence-electron chi connectivity index (χ3n) is 15.9. The predicted octanol–water partition coefficient (Wildman–Crippen LogP) is 1.97. The second-order valence-corrected chi connectivity index (χ2v) is 19.4. The molecule has 2 saturated heterocycles. The van der Waals surface area contributed by atoms with Gasteiger partial charge in [-0.2, -0.15) is 0 Å². The highest BCUT2D eigenvalue weighted by Crippen LogP contribution is 2.75. The minimum atomic E-state index is -1.64. The first kappa shape index (κ1) is 42.5. The van der Waals surface area contributed by atoms with Crippen molar-refractivity contribution < 1.29 is 64.6 Å². The topological polar surface area (TPSA) is 216 Å². The van der Waals surface area contributed by atoms with Crippen LogP contribution in [0.2, 0.25) is 0 Å². The molecule has 0 aromatic rings. The lowest BCUT2D eigenvalue weighted by atomic mass is 9.35. The minimum absolute atomic E-state index is 0.000298. The number of fused-ring (bicyclic) bond motifs is 5. The van der Waals surface area contributed by atoms with Gasteiger partial charge < -0.3 is 59.8 Å². The van der Waals surface area contributed by atoms with E-state index < -0.39 is 90.4 Å². The zero-order valence-corrected chi connectivity index (χ0v) is 33.3. The summed E-state index contributed by atoms with van der Waals surface area (Å²) in [5.74, 6) is -0.0243. The van der Waals surface area contributed by atoms with Crippen molar-refractivity contribution in [2.24, 2.45) is 45.3 Å². The molecule has 13 nitrogen and oxygen atoms in total. The summed E-state index contributed by atoms with van der Waals surface area (Å²) in [5, 5.41) is 86.3. The number of rotatable bonds is 10. The third-order valence-corrected chi connectivity index (χ3v) is 15.9. The monoisotopic (exact) mass is 768 g/mol. The van der Waals surface area contributed by atoms with Gasteiger partial charge in [-0.1, -0.05) is 39.3 Å². The highest BCUT2D eigenvalue weighted by Gasteiger charge is 2.72. The summed E-state index contributed by atoms with van der Waals surface area (Å²) >= 11 is 0. The Morgan fingerprint density at radius 2 is 1.56 bits per heavy atom. The fourth-order valence-electron chi connectivity index (χ4n) is 12.9. The lowest BCUT2D eigenvalue weighted by molar-refractivity contribution is -0.361. The number of ketones is 1. The average molecular weight is 769 g/mol. The Kier molecular flexibility index (Phi) is 12.0. The summed E-state index contributed by atoms with van der Waals surface area (Å²) in [6.07, 6.45) is -5.08. The number of hydrogen-bond donors (Lipinski definition) is 8. The summed E-state index contributed by atoms with van der Waals surface area (Å²) in [6, 6.07) is 0. The molecule has 8 N–H and O–H groups in total. The van der Waals surface area contributed by atoms with Crippen LogP contribution in [0.5, 0.6) is 0 Å². The van der Waals surface area contributed by atoms with Crippen LogP contribution in [0.15, 0.2) is 11.6 Å². The molecule has 6 fully saturated rings. The van der Waals surface area contributed by atoms with Gasteiger partial charge in [0, 0.05) is 24.4 Å². The molecule has 6 aliphatic rings. The molecule has 2 heterocycles. The summed E-state index contributed by atoms with van der Waals surface area (Å²) in [6.45, 7) is 13.9. The maximum Gasteiger partial charge on any atom is 0.186 e. The zero-order chi connectivity index (χ0) is 39.8. The molecule has 0 aromatic carbocycles. The number of hydrogen-bond acceptors (Lipinski definition) is 13. The van der Waals surface area contributed by atoms with Crippen LogP contribution in [-0.2, 0) is 23.7 Å². The van der Waals surface area contributed by atoms with Crippen LogP contribution >= 0.6 is 0 Å². The lowest BCUT2D eigenvalue weighted by Gasteiger charge is -2.70. The fourth-order valence-corrected chi connectivity index (χ4v) is 12.9. The van der Waals surface area contributed by atoms with E-state index in [0.717, 1.165) is 32.1 Å². The molecule has 1 unspecified atom stereocenters. The van der Waals surface area contributed by atoms with Gasteiger partial charge in [-0.25, -0.2) is 0 Å². The largest absolute Gasteiger partial charge is 0.396 e. The van der Waals surface area contributed by atoms with E-state index in [0.29, 0.717) is 25.7 Å². The van der Waals surface area contributed by atoms with Gasteiger partial charge in [-0.15, -0.1) is 0 Å². The number of carbonyl (C=O) groups is 1. The van der Waals surface area contributed by atoms with Crippen molar-refractivity contribution in [1.82, 2.24) is 0 Å². The Morgan fingerprint density at radius 1 is 0.870 bits per heavy atom. The molecule has 0 spiro atoms. The van der Waals surface area contributed by atoms with E-state index in [1.165, 1.54) is 5.57 Å². The summed E-state index contributed by atoms with van der Waals surface area (Å²) in [4.78, 5) is 14.0. The normalized spacial score (nSPS) is 50.0. The number of carbonyl (C=O) groups excluding carboxylic acids is 1. The minimum Gasteiger partial charge on any atom is -0.396 e. The van der Waals surface area contributed by atoms with Gasteiger partial charge in [0.2, 0.25) is 0 Å². The molecule has 0 bridgehead atoms. The van der Waals surface area contributed by atoms with E-state index >= 15 is 0 Å². The van der Waals surface area contributed by atoms with Crippen LogP contribution < -0.4 is 0 Å². The van der Waals surface area contributed by atoms with Crippen LogP contribution in [0, 0.1) is 45.3 Å². The van der Waals surface area contributed by atoms with Gasteiger partial charge in [-0.3, -0.25) is 4.79 Å². The van der Waals surface area contributed by atoms with E-state index in [9.17, 15) is 45.6 Å². The number of aliphatic hydroxyl groups excluding tert-OH is 7. The Morgan fingerprint density at radius 3 is 2.20 bits per heavy atom. The first-order valence-electron chi connectivity index (χ1n) is 20.3. The molecule has 4 aliphatic carbocycles. The van der Waals surface area contributed by atoms with E-state index in [1.54, 1.807) is 0 Å². The van der Waals surface area contributed by atoms with E-state index in [1.807, 2.05) is 20.8 Å². The molecule has 6 rings (SSSR count). The predicted molar refractivity (Wildman–Crippen MR) is 195 cm³/mol. The van der Waals surface area contributed by atoms with Crippen molar-refractivity contribution in [2.75, 3.05) is 19.8 Å². The molecular formula is C41H68O13. The summed E-state index contributed by atoms with van der Waals surface area (Å²) in [7, 11) is 0. The quantitative estimate of drug-likeness (QED) is 0.118. The van der Waals surface area contributed by atoms with Crippen molar-refractivity contribution >= 4 is 5.78 Å². The smallest absolute Gasteiger partial charge is 0.186 e. The third kappa shape index (κ3) is 6.77. The maximum atomic E-state index is 14.0. The summed E-state index contributed by atoms with van der Waals surface area (Å²) < 4.78 is 23.6. The zero-order valence-electron chi connectivity index (χ0n) is 33.3. The second kappa shape index (κ2) is 15.3. The van der Waals surface area contributed by atoms with Crippen LogP contribution in [0.4, 0.5) is 0 Å². The van der Waals surface area contributed by atoms with Crippen LogP contribution in [0.3, 0.4) is 0 Å². The highest BCUT2D eigenvalue weighted by molar-refractivity contribution is 5.86. The lowest BCUT2D eigenvalue weighted by Crippen LogP contribution is -2.67. The average Bonchev–Trinajstić information content (AvgIpc) is 3.39. The van der Waals surface area contributed by atoms with Crippen molar-refractivity contribution in [3.05, 3.63) is 11.6 Å². The van der Waals surface area contributed by atoms with Gasteiger partial charge in [0.05, 0.1) is 24.9 Å². The SMILES string of the molecule is CC(C)=CCC[C@@](C)(O)[C@@H]1C(=O)C[C@@]2(C)[C@H]1CC[C@H]1[C@]3(CO)CCC(O[C@H]4O[C@@H](CO)[C@H](O[C@H]5OC[C@@H](O)[C@@H](O)[C@@H]5O)[C@@H](O)[C@@H]4O)C(C)(C)[C@H]3CC[C@@]12C. The van der Waals surface area contributed by atoms with Crippen LogP contribution in [0.1, 0.15) is 106 Å². The number of allylic oxidation sites excluding steroid dienone is 2. The molecule has 4 saturated carbocycles. The first-order valence-corrected chi connectivity index (χ1v) is 20.3. The van der Waals surface area contributed by atoms with Gasteiger partial charge in [-0.05, 0) is 106 Å². The molecule has 18 atom stereocenters. The molecule has 310 valence electrons. The molecule has 0 radical (unpaired) electrons. The Labute approximate surface area is 320 Å². The standard InChI is InChI=1S/C41H68O13/c1-21(2)9-8-14-40(7,50)29-22-10-11-27-38(5,39(22,6)17-23(29)44)15-12-26-37(3,4)28(13-16-41(26,27)20-43)53-36-33(49)31(47)34(25(18-42)52-36)54-35-32(48)30(46)24(45)19-51-35/h9,22,24-36,42-43,45-50H,8,10-20H2,1-7H3/t22-,24+,25-,26+,27+,28?,29-,30+,31-,32-,33-,34-,35+,36+,38-,39-,40+,41-/m0/s1. The van der Waals surface area contributed by atoms with Crippen molar-refractivity contribution in [3.63, 3.8) is 0 Å². The van der Waals surface area contributed by atoms with Crippen LogP contribution in [-0.4, -0.2) is 133 Å². The molecule has 0 amide bonds. The van der Waals surface area contributed by atoms with Gasteiger partial charge in [0.1, 0.15) is 48.5 Å². The fraction of sp³-hybridized carbons (Fsp3) is 0.927. The Balaban J connectivity index is 1.18. The molecule has 13 heteroatoms. The molecule has 0 aromatic heterocycles. The summed E-state index contributed by atoms with van der Waals surface area (Å²) in [5.41, 5.74) is -1.41. The van der Waals surface area contributed by atoms with Gasteiger partial charge in [0.15, 0.2) is 12.6 Å². The maximum absolute atomic E-state index is 14.0. The second-order valence-electron chi connectivity index (χ2n) is 19.4. The van der Waals surface area contributed by atoms with Gasteiger partial charge >= 0.3 is 0 Å². The molecule has 54 heavy (non-hydrogen) atoms. The highest BCUT2D eigenvalue weighted by atomic mass is 16.7. The first-order chi connectivity index (χ1) is 25.2. The van der Waals surface area contributed by atoms with E-state index in [2.05, 4.69) is 33.8 Å². The van der Waals surface area contributed by atoms with Crippen molar-refractivity contribution in [1.29, 1.82) is 0 Å². The Hall–Kier alpha value is -1.07.